The molecule has 0 aliphatic carbocycles. The summed E-state index contributed by atoms with van der Waals surface area (Å²) in [6.07, 6.45) is 55.6. The first-order valence-corrected chi connectivity index (χ1v) is 22.9. The Bertz CT molecular complexity index is 1290. The van der Waals surface area contributed by atoms with Gasteiger partial charge in [0.25, 0.3) is 0 Å². The summed E-state index contributed by atoms with van der Waals surface area (Å²) in [5.41, 5.74) is 5.34. The van der Waals surface area contributed by atoms with Crippen LogP contribution in [0.4, 0.5) is 0 Å². The Balaban J connectivity index is 4.36. The molecule has 0 aliphatic rings. The van der Waals surface area contributed by atoms with Crippen LogP contribution in [0.3, 0.4) is 0 Å². The van der Waals surface area contributed by atoms with E-state index in [1.54, 1.807) is 0 Å². The molecule has 322 valence electrons. The molecule has 0 heterocycles. The van der Waals surface area contributed by atoms with E-state index in [9.17, 15) is 19.0 Å². The molecule has 0 spiro atoms. The van der Waals surface area contributed by atoms with E-state index >= 15 is 0 Å². The van der Waals surface area contributed by atoms with Crippen LogP contribution in [0.2, 0.25) is 0 Å². The van der Waals surface area contributed by atoms with E-state index in [1.807, 2.05) is 12.2 Å². The predicted octanol–water partition coefficient (Wildman–Crippen LogP) is 12.4. The Kier molecular flexibility index (Phi) is 39.8. The molecular weight excluding hydrogens is 737 g/mol. The topological polar surface area (TPSA) is 134 Å². The van der Waals surface area contributed by atoms with Crippen molar-refractivity contribution in [1.29, 1.82) is 0 Å². The minimum absolute atomic E-state index is 0.0334. The minimum atomic E-state index is -4.41. The standard InChI is InChI=1S/C47H76NO8P/c1-3-5-7-9-11-13-15-17-19-21-22-24-25-27-29-31-33-35-37-39-46(49)53-43-45(44-55-57(51,52)54-42-41-48)56-47(50)40-38-36-34-32-30-28-26-23-20-18-16-14-12-10-8-6-4-2/h5,7,11-14,17-20,22,24,26-29,33,35,45H,3-4,6,8-10,15-16,21,23,25,30-32,34,36-44,48H2,1-2H3,(H,51,52). The molecule has 0 aromatic carbocycles. The van der Waals surface area contributed by atoms with E-state index < -0.39 is 32.5 Å². The average molecular weight is 814 g/mol. The van der Waals surface area contributed by atoms with E-state index in [0.29, 0.717) is 12.8 Å². The van der Waals surface area contributed by atoms with Gasteiger partial charge in [0.15, 0.2) is 6.10 Å². The van der Waals surface area contributed by atoms with E-state index in [1.165, 1.54) is 25.7 Å². The van der Waals surface area contributed by atoms with Crippen LogP contribution in [-0.2, 0) is 32.7 Å². The van der Waals surface area contributed by atoms with Crippen molar-refractivity contribution in [2.75, 3.05) is 26.4 Å². The second kappa shape index (κ2) is 42.3. The van der Waals surface area contributed by atoms with Crippen LogP contribution in [0.5, 0.6) is 0 Å². The fourth-order valence-electron chi connectivity index (χ4n) is 5.02. The number of carbonyl (C=O) groups excluding carboxylic acids is 2. The van der Waals surface area contributed by atoms with E-state index in [4.69, 9.17) is 24.3 Å². The van der Waals surface area contributed by atoms with Crippen LogP contribution in [0, 0.1) is 0 Å². The maximum Gasteiger partial charge on any atom is 0.472 e. The largest absolute Gasteiger partial charge is 0.472 e. The van der Waals surface area contributed by atoms with Crippen molar-refractivity contribution in [2.45, 2.75) is 148 Å². The molecule has 57 heavy (non-hydrogen) atoms. The van der Waals surface area contributed by atoms with Crippen LogP contribution in [0.1, 0.15) is 142 Å². The average Bonchev–Trinajstić information content (AvgIpc) is 3.20. The molecule has 0 rings (SSSR count). The van der Waals surface area contributed by atoms with E-state index in [-0.39, 0.29) is 32.6 Å². The van der Waals surface area contributed by atoms with Crippen molar-refractivity contribution < 1.29 is 37.6 Å². The van der Waals surface area contributed by atoms with Crippen LogP contribution in [0.15, 0.2) is 109 Å². The van der Waals surface area contributed by atoms with Crippen LogP contribution >= 0.6 is 7.82 Å². The summed E-state index contributed by atoms with van der Waals surface area (Å²) in [5, 5.41) is 0. The maximum atomic E-state index is 12.6. The van der Waals surface area contributed by atoms with Gasteiger partial charge in [-0.3, -0.25) is 18.6 Å². The van der Waals surface area contributed by atoms with E-state index in [0.717, 1.165) is 77.0 Å². The molecule has 0 bridgehead atoms. The van der Waals surface area contributed by atoms with Gasteiger partial charge in [-0.25, -0.2) is 4.57 Å². The second-order valence-corrected chi connectivity index (χ2v) is 14.9. The molecule has 3 N–H and O–H groups in total. The van der Waals surface area contributed by atoms with Gasteiger partial charge in [-0.1, -0.05) is 149 Å². The molecule has 0 aromatic rings. The monoisotopic (exact) mass is 814 g/mol. The van der Waals surface area contributed by atoms with Gasteiger partial charge < -0.3 is 20.1 Å². The van der Waals surface area contributed by atoms with Crippen LogP contribution < -0.4 is 5.73 Å². The summed E-state index contributed by atoms with van der Waals surface area (Å²) < 4.78 is 32.7. The molecule has 0 radical (unpaired) electrons. The highest BCUT2D eigenvalue weighted by Crippen LogP contribution is 2.43. The molecule has 2 atom stereocenters. The number of phosphoric acid groups is 1. The van der Waals surface area contributed by atoms with Crippen molar-refractivity contribution in [1.82, 2.24) is 0 Å². The lowest BCUT2D eigenvalue weighted by molar-refractivity contribution is -0.161. The summed E-state index contributed by atoms with van der Waals surface area (Å²) in [5.74, 6) is -0.965. The Morgan fingerprint density at radius 1 is 0.544 bits per heavy atom. The SMILES string of the molecule is CCC=CCC=CCC=CCC=CCC=CCC=CCCC(=O)OCC(COP(=O)(O)OCCN)OC(=O)CCCCCCC=CCC=CCC=CCCCCC. The third-order valence-electron chi connectivity index (χ3n) is 8.16. The molecule has 10 heteroatoms. The summed E-state index contributed by atoms with van der Waals surface area (Å²) in [7, 11) is -4.41. The van der Waals surface area contributed by atoms with Crippen LogP contribution in [-0.4, -0.2) is 49.3 Å². The Morgan fingerprint density at radius 2 is 1.00 bits per heavy atom. The Morgan fingerprint density at radius 3 is 1.49 bits per heavy atom. The number of rotatable bonds is 38. The van der Waals surface area contributed by atoms with Crippen molar-refractivity contribution in [3.63, 3.8) is 0 Å². The van der Waals surface area contributed by atoms with Gasteiger partial charge in [-0.2, -0.15) is 0 Å². The molecule has 0 fully saturated rings. The fourth-order valence-corrected chi connectivity index (χ4v) is 5.78. The number of esters is 2. The third-order valence-corrected chi connectivity index (χ3v) is 9.14. The number of hydrogen-bond donors (Lipinski definition) is 2. The third kappa shape index (κ3) is 42.1. The zero-order chi connectivity index (χ0) is 41.8. The molecule has 2 unspecified atom stereocenters. The lowest BCUT2D eigenvalue weighted by Gasteiger charge is -2.19. The van der Waals surface area contributed by atoms with Gasteiger partial charge in [0.2, 0.25) is 0 Å². The smallest absolute Gasteiger partial charge is 0.462 e. The number of unbranched alkanes of at least 4 members (excludes halogenated alkanes) is 7. The normalized spacial score (nSPS) is 14.4. The summed E-state index contributed by atoms with van der Waals surface area (Å²) in [6.45, 7) is 3.44. The molecule has 0 aromatic heterocycles. The second-order valence-electron chi connectivity index (χ2n) is 13.5. The van der Waals surface area contributed by atoms with Crippen molar-refractivity contribution in [2.24, 2.45) is 5.73 Å². The summed E-state index contributed by atoms with van der Waals surface area (Å²) >= 11 is 0. The molecule has 0 saturated heterocycles. The zero-order valence-electron chi connectivity index (χ0n) is 35.3. The van der Waals surface area contributed by atoms with Crippen molar-refractivity contribution in [3.05, 3.63) is 109 Å². The summed E-state index contributed by atoms with van der Waals surface area (Å²) in [6, 6.07) is 0. The minimum Gasteiger partial charge on any atom is -0.462 e. The maximum absolute atomic E-state index is 12.6. The molecule has 0 aliphatic heterocycles. The zero-order valence-corrected chi connectivity index (χ0v) is 36.2. The Labute approximate surface area is 346 Å². The van der Waals surface area contributed by atoms with Gasteiger partial charge >= 0.3 is 19.8 Å². The number of hydrogen-bond acceptors (Lipinski definition) is 8. The lowest BCUT2D eigenvalue weighted by atomic mass is 10.1. The fraction of sp³-hybridized carbons (Fsp3) is 0.574. The first kappa shape index (κ1) is 53.7. The predicted molar refractivity (Wildman–Crippen MR) is 238 cm³/mol. The number of ether oxygens (including phenoxy) is 2. The molecular formula is C47H76NO8P. The number of nitrogens with two attached hydrogens (primary N) is 1. The number of phosphoric ester groups is 1. The van der Waals surface area contributed by atoms with Crippen molar-refractivity contribution >= 4 is 19.8 Å². The quantitative estimate of drug-likeness (QED) is 0.0270. The molecule has 0 amide bonds. The lowest BCUT2D eigenvalue weighted by Crippen LogP contribution is -2.29. The number of allylic oxidation sites excluding steroid dienone is 18. The first-order chi connectivity index (χ1) is 27.8. The van der Waals surface area contributed by atoms with Crippen LogP contribution in [0.25, 0.3) is 0 Å². The summed E-state index contributed by atoms with van der Waals surface area (Å²) in [4.78, 5) is 34.8. The molecule has 9 nitrogen and oxygen atoms in total. The molecule has 0 saturated carbocycles. The van der Waals surface area contributed by atoms with Gasteiger partial charge in [0.1, 0.15) is 6.61 Å². The van der Waals surface area contributed by atoms with E-state index in [2.05, 4.69) is 111 Å². The Hall–Kier alpha value is -3.33. The van der Waals surface area contributed by atoms with Gasteiger partial charge in [0, 0.05) is 19.4 Å². The number of carbonyl (C=O) groups is 2. The van der Waals surface area contributed by atoms with Gasteiger partial charge in [0.05, 0.1) is 13.2 Å². The first-order valence-electron chi connectivity index (χ1n) is 21.4. The van der Waals surface area contributed by atoms with Crippen molar-refractivity contribution in [3.8, 4) is 0 Å². The van der Waals surface area contributed by atoms with Gasteiger partial charge in [-0.05, 0) is 89.9 Å². The highest BCUT2D eigenvalue weighted by atomic mass is 31.2. The highest BCUT2D eigenvalue weighted by molar-refractivity contribution is 7.47. The van der Waals surface area contributed by atoms with Gasteiger partial charge in [-0.15, -0.1) is 0 Å². The highest BCUT2D eigenvalue weighted by Gasteiger charge is 2.25.